The fourth-order valence-electron chi connectivity index (χ4n) is 3.34. The smallest absolute Gasteiger partial charge is 0.249 e. The number of amides is 2. The van der Waals surface area contributed by atoms with Gasteiger partial charge in [-0.2, -0.15) is 0 Å². The van der Waals surface area contributed by atoms with E-state index in [-0.39, 0.29) is 18.4 Å². The van der Waals surface area contributed by atoms with Crippen molar-refractivity contribution in [1.29, 1.82) is 0 Å². The Labute approximate surface area is 175 Å². The monoisotopic (exact) mass is 419 g/mol. The zero-order chi connectivity index (χ0) is 20.8. The summed E-state index contributed by atoms with van der Waals surface area (Å²) in [7, 11) is 0. The van der Waals surface area contributed by atoms with Crippen molar-refractivity contribution in [1.82, 2.24) is 24.9 Å². The first-order valence-corrected chi connectivity index (χ1v) is 10.2. The van der Waals surface area contributed by atoms with Gasteiger partial charge in [-0.25, -0.2) is 0 Å². The van der Waals surface area contributed by atoms with Crippen molar-refractivity contribution < 1.29 is 14.0 Å². The largest absolute Gasteiger partial charge is 0.419 e. The lowest BCUT2D eigenvalue weighted by molar-refractivity contribution is -0.139. The lowest BCUT2D eigenvalue weighted by Gasteiger charge is -2.35. The van der Waals surface area contributed by atoms with E-state index in [0.717, 1.165) is 13.0 Å². The summed E-state index contributed by atoms with van der Waals surface area (Å²) in [6.45, 7) is 7.32. The molecule has 8 nitrogen and oxygen atoms in total. The molecule has 0 unspecified atom stereocenters. The number of nitrogens with zero attached hydrogens (tertiary/aromatic N) is 5. The van der Waals surface area contributed by atoms with Crippen LogP contribution in [0.1, 0.15) is 26.2 Å². The zero-order valence-corrected chi connectivity index (χ0v) is 17.6. The molecule has 0 atom stereocenters. The van der Waals surface area contributed by atoms with Crippen molar-refractivity contribution in [3.05, 3.63) is 35.2 Å². The number of halogens is 1. The third-order valence-electron chi connectivity index (χ3n) is 4.91. The Hall–Kier alpha value is -2.45. The molecule has 0 bridgehead atoms. The molecule has 1 aromatic carbocycles. The topological polar surface area (TPSA) is 82.8 Å². The summed E-state index contributed by atoms with van der Waals surface area (Å²) in [4.78, 5) is 29.7. The van der Waals surface area contributed by atoms with Gasteiger partial charge in [0.2, 0.25) is 23.6 Å². The number of carbonyl (C=O) groups is 2. The van der Waals surface area contributed by atoms with Crippen molar-refractivity contribution in [3.8, 4) is 11.5 Å². The van der Waals surface area contributed by atoms with Crippen LogP contribution < -0.4 is 0 Å². The van der Waals surface area contributed by atoms with E-state index in [4.69, 9.17) is 16.0 Å². The van der Waals surface area contributed by atoms with Crippen LogP contribution in [0.25, 0.3) is 11.5 Å². The summed E-state index contributed by atoms with van der Waals surface area (Å²) >= 11 is 6.20. The Kier molecular flexibility index (Phi) is 7.22. The minimum atomic E-state index is 0.0486. The maximum absolute atomic E-state index is 12.7. The third kappa shape index (κ3) is 5.55. The van der Waals surface area contributed by atoms with Gasteiger partial charge in [0.05, 0.1) is 23.7 Å². The molecule has 1 aliphatic rings. The van der Waals surface area contributed by atoms with Gasteiger partial charge in [0.15, 0.2) is 0 Å². The quantitative estimate of drug-likeness (QED) is 0.684. The molecule has 0 spiro atoms. The Bertz CT molecular complexity index is 848. The summed E-state index contributed by atoms with van der Waals surface area (Å²) in [6.07, 6.45) is 0.900. The number of benzene rings is 1. The lowest BCUT2D eigenvalue weighted by atomic mass is 10.2. The van der Waals surface area contributed by atoms with Gasteiger partial charge in [-0.1, -0.05) is 30.7 Å². The van der Waals surface area contributed by atoms with Crippen LogP contribution >= 0.6 is 11.6 Å². The molecule has 0 saturated carbocycles. The molecule has 2 heterocycles. The van der Waals surface area contributed by atoms with Gasteiger partial charge in [0, 0.05) is 33.1 Å². The number of hydrogen-bond acceptors (Lipinski definition) is 6. The molecule has 0 N–H and O–H groups in total. The van der Waals surface area contributed by atoms with Crippen molar-refractivity contribution in [3.63, 3.8) is 0 Å². The predicted octanol–water partition coefficient (Wildman–Crippen LogP) is 2.29. The second-order valence-corrected chi connectivity index (χ2v) is 7.49. The van der Waals surface area contributed by atoms with E-state index < -0.39 is 0 Å². The van der Waals surface area contributed by atoms with E-state index in [2.05, 4.69) is 17.1 Å². The highest BCUT2D eigenvalue weighted by molar-refractivity contribution is 6.33. The normalized spacial score (nSPS) is 14.5. The number of rotatable bonds is 7. The Morgan fingerprint density at radius 3 is 2.48 bits per heavy atom. The Morgan fingerprint density at radius 2 is 1.83 bits per heavy atom. The van der Waals surface area contributed by atoms with Gasteiger partial charge in [-0.3, -0.25) is 14.5 Å². The number of aromatic nitrogens is 2. The molecule has 0 aliphatic carbocycles. The molecule has 1 aromatic heterocycles. The summed E-state index contributed by atoms with van der Waals surface area (Å²) < 4.78 is 5.78. The van der Waals surface area contributed by atoms with E-state index in [1.54, 1.807) is 17.9 Å². The molecular weight excluding hydrogens is 394 g/mol. The third-order valence-corrected chi connectivity index (χ3v) is 5.24. The van der Waals surface area contributed by atoms with E-state index in [0.29, 0.717) is 55.1 Å². The van der Waals surface area contributed by atoms with Crippen LogP contribution in [-0.2, 0) is 16.1 Å². The van der Waals surface area contributed by atoms with Gasteiger partial charge < -0.3 is 14.2 Å². The van der Waals surface area contributed by atoms with Gasteiger partial charge in [-0.05, 0) is 25.1 Å². The SMILES string of the molecule is CCCN(CC(=O)N1CCN(C(C)=O)CC1)Cc1nnc(-c2ccccc2Cl)o1. The second kappa shape index (κ2) is 9.84. The summed E-state index contributed by atoms with van der Waals surface area (Å²) in [5, 5.41) is 8.76. The van der Waals surface area contributed by atoms with Gasteiger partial charge in [0.25, 0.3) is 0 Å². The van der Waals surface area contributed by atoms with Crippen molar-refractivity contribution >= 4 is 23.4 Å². The highest BCUT2D eigenvalue weighted by Crippen LogP contribution is 2.26. The van der Waals surface area contributed by atoms with Crippen LogP contribution in [0.2, 0.25) is 5.02 Å². The number of hydrogen-bond donors (Lipinski definition) is 0. The second-order valence-electron chi connectivity index (χ2n) is 7.08. The van der Waals surface area contributed by atoms with Crippen LogP contribution in [0.3, 0.4) is 0 Å². The molecule has 3 rings (SSSR count). The maximum atomic E-state index is 12.7. The summed E-state index contributed by atoms with van der Waals surface area (Å²) in [6, 6.07) is 7.30. The van der Waals surface area contributed by atoms with Crippen LogP contribution in [0.4, 0.5) is 0 Å². The molecule has 2 aromatic rings. The summed E-state index contributed by atoms with van der Waals surface area (Å²) in [5.74, 6) is 0.916. The van der Waals surface area contributed by atoms with Crippen LogP contribution in [-0.4, -0.2) is 76.0 Å². The molecular formula is C20H26ClN5O3. The Morgan fingerprint density at radius 1 is 1.14 bits per heavy atom. The lowest BCUT2D eigenvalue weighted by Crippen LogP contribution is -2.52. The first-order chi connectivity index (χ1) is 14.0. The van der Waals surface area contributed by atoms with Gasteiger partial charge in [-0.15, -0.1) is 10.2 Å². The molecule has 2 amide bonds. The maximum Gasteiger partial charge on any atom is 0.249 e. The standard InChI is InChI=1S/C20H26ClN5O3/c1-3-8-24(14-19(28)26-11-9-25(10-12-26)15(2)27)13-18-22-23-20(29-18)16-6-4-5-7-17(16)21/h4-7H,3,8-14H2,1-2H3. The molecule has 0 radical (unpaired) electrons. The molecule has 29 heavy (non-hydrogen) atoms. The molecule has 9 heteroatoms. The molecule has 1 fully saturated rings. The van der Waals surface area contributed by atoms with Crippen molar-refractivity contribution in [2.24, 2.45) is 0 Å². The average Bonchev–Trinajstić information content (AvgIpc) is 3.16. The van der Waals surface area contributed by atoms with Crippen LogP contribution in [0.15, 0.2) is 28.7 Å². The average molecular weight is 420 g/mol. The van der Waals surface area contributed by atoms with Crippen LogP contribution in [0.5, 0.6) is 0 Å². The summed E-state index contributed by atoms with van der Waals surface area (Å²) in [5.41, 5.74) is 0.689. The van der Waals surface area contributed by atoms with Gasteiger partial charge >= 0.3 is 0 Å². The van der Waals surface area contributed by atoms with E-state index in [1.165, 1.54) is 0 Å². The van der Waals surface area contributed by atoms with Crippen molar-refractivity contribution in [2.75, 3.05) is 39.3 Å². The van der Waals surface area contributed by atoms with Gasteiger partial charge in [0.1, 0.15) is 0 Å². The molecule has 1 saturated heterocycles. The predicted molar refractivity (Wildman–Crippen MR) is 109 cm³/mol. The molecule has 156 valence electrons. The first kappa shape index (κ1) is 21.3. The first-order valence-electron chi connectivity index (χ1n) is 9.81. The minimum Gasteiger partial charge on any atom is -0.419 e. The fraction of sp³-hybridized carbons (Fsp3) is 0.500. The number of piperazine rings is 1. The highest BCUT2D eigenvalue weighted by atomic mass is 35.5. The zero-order valence-electron chi connectivity index (χ0n) is 16.8. The van der Waals surface area contributed by atoms with E-state index in [1.807, 2.05) is 28.0 Å². The minimum absolute atomic E-state index is 0.0486. The Balaban J connectivity index is 1.60. The van der Waals surface area contributed by atoms with Crippen molar-refractivity contribution in [2.45, 2.75) is 26.8 Å². The number of carbonyl (C=O) groups excluding carboxylic acids is 2. The van der Waals surface area contributed by atoms with E-state index >= 15 is 0 Å². The highest BCUT2D eigenvalue weighted by Gasteiger charge is 2.24. The van der Waals surface area contributed by atoms with E-state index in [9.17, 15) is 9.59 Å². The molecule has 1 aliphatic heterocycles. The van der Waals surface area contributed by atoms with Crippen LogP contribution in [0, 0.1) is 0 Å². The fourth-order valence-corrected chi connectivity index (χ4v) is 3.56.